The Morgan fingerprint density at radius 2 is 2.13 bits per heavy atom. The Bertz CT molecular complexity index is 374. The minimum Gasteiger partial charge on any atom is -0.334 e. The highest BCUT2D eigenvalue weighted by molar-refractivity contribution is 7.86. The van der Waals surface area contributed by atoms with Crippen molar-refractivity contribution < 1.29 is 17.8 Å². The van der Waals surface area contributed by atoms with Crippen molar-refractivity contribution in [2.45, 2.75) is 13.8 Å². The normalized spacial score (nSPS) is 16.9. The average molecular weight is 234 g/mol. The Kier molecular flexibility index (Phi) is 3.72. The maximum Gasteiger partial charge on any atom is 0.286 e. The summed E-state index contributed by atoms with van der Waals surface area (Å²) in [4.78, 5) is 1.42. The van der Waals surface area contributed by atoms with Gasteiger partial charge in [0.15, 0.2) is 0 Å². The van der Waals surface area contributed by atoms with Gasteiger partial charge in [-0.2, -0.15) is 8.42 Å². The molecule has 7 heteroatoms. The monoisotopic (exact) mass is 234 g/mol. The summed E-state index contributed by atoms with van der Waals surface area (Å²) in [5.74, 6) is -0.261. The molecule has 1 aliphatic heterocycles. The van der Waals surface area contributed by atoms with Gasteiger partial charge in [0.05, 0.1) is 12.3 Å². The maximum absolute atomic E-state index is 11.3. The molecule has 0 saturated carbocycles. The Balaban J connectivity index is 2.65. The second kappa shape index (κ2) is 4.65. The molecule has 86 valence electrons. The molecule has 0 aliphatic carbocycles. The fraction of sp³-hybridized carbons (Fsp3) is 0.500. The van der Waals surface area contributed by atoms with Gasteiger partial charge in [-0.3, -0.25) is 9.39 Å². The van der Waals surface area contributed by atoms with Crippen molar-refractivity contribution in [3.8, 4) is 0 Å². The van der Waals surface area contributed by atoms with E-state index in [1.54, 1.807) is 13.8 Å². The summed E-state index contributed by atoms with van der Waals surface area (Å²) in [5.41, 5.74) is 0.532. The quantitative estimate of drug-likeness (QED) is 0.720. The first-order chi connectivity index (χ1) is 6.94. The van der Waals surface area contributed by atoms with E-state index < -0.39 is 10.1 Å². The number of rotatable bonds is 4. The first-order valence-corrected chi connectivity index (χ1v) is 6.00. The lowest BCUT2D eigenvalue weighted by molar-refractivity contribution is -0.00937. The van der Waals surface area contributed by atoms with Gasteiger partial charge < -0.3 is 4.90 Å². The highest BCUT2D eigenvalue weighted by atomic mass is 32.2. The molecule has 15 heavy (non-hydrogen) atoms. The van der Waals surface area contributed by atoms with Gasteiger partial charge in [-0.1, -0.05) is 0 Å². The predicted octanol–water partition coefficient (Wildman–Crippen LogP) is 0.649. The largest absolute Gasteiger partial charge is 0.334 e. The van der Waals surface area contributed by atoms with Crippen LogP contribution in [-0.4, -0.2) is 36.1 Å². The predicted molar refractivity (Wildman–Crippen MR) is 53.8 cm³/mol. The maximum atomic E-state index is 11.3. The molecule has 6 nitrogen and oxygen atoms in total. The molecule has 0 spiro atoms. The van der Waals surface area contributed by atoms with Crippen LogP contribution < -0.4 is 0 Å². The molecule has 0 fully saturated rings. The van der Waals surface area contributed by atoms with E-state index in [1.165, 1.54) is 23.5 Å². The van der Waals surface area contributed by atoms with Crippen molar-refractivity contribution in [3.63, 3.8) is 0 Å². The third-order valence-electron chi connectivity index (χ3n) is 1.72. The van der Waals surface area contributed by atoms with Gasteiger partial charge in [-0.25, -0.2) is 5.06 Å². The van der Waals surface area contributed by atoms with Crippen molar-refractivity contribution in [3.05, 3.63) is 24.3 Å². The molecular weight excluding hydrogens is 220 g/mol. The van der Waals surface area contributed by atoms with Crippen LogP contribution in [0, 0.1) is 0 Å². The molecule has 0 amide bonds. The average Bonchev–Trinajstić information content (AvgIpc) is 2.10. The number of hydrogen-bond donors (Lipinski definition) is 1. The van der Waals surface area contributed by atoms with Gasteiger partial charge in [0.1, 0.15) is 5.88 Å². The minimum absolute atomic E-state index is 0.120. The second-order valence-electron chi connectivity index (χ2n) is 3.02. The van der Waals surface area contributed by atoms with Crippen LogP contribution in [-0.2, 0) is 14.3 Å². The third kappa shape index (κ3) is 3.54. The topological polar surface area (TPSA) is 70.1 Å². The number of hydrogen-bond acceptors (Lipinski definition) is 6. The Hall–Kier alpha value is -1.05. The zero-order valence-corrected chi connectivity index (χ0v) is 9.44. The Labute approximate surface area is 89.1 Å². The van der Waals surface area contributed by atoms with Crippen molar-refractivity contribution in [1.29, 1.82) is 0 Å². The van der Waals surface area contributed by atoms with Gasteiger partial charge >= 0.3 is 0 Å². The van der Waals surface area contributed by atoms with Crippen LogP contribution in [0.2, 0.25) is 0 Å². The van der Waals surface area contributed by atoms with E-state index in [9.17, 15) is 8.42 Å². The summed E-state index contributed by atoms with van der Waals surface area (Å²) in [6.45, 7) is 3.39. The van der Waals surface area contributed by atoms with Crippen molar-refractivity contribution >= 4 is 10.1 Å². The van der Waals surface area contributed by atoms with Gasteiger partial charge in [-0.05, 0) is 13.8 Å². The van der Waals surface area contributed by atoms with E-state index in [4.69, 9.17) is 5.21 Å². The number of nitrogens with zero attached hydrogens (tertiary/aromatic N) is 2. The third-order valence-corrected chi connectivity index (χ3v) is 2.93. The van der Waals surface area contributed by atoms with Gasteiger partial charge in [-0.15, -0.1) is 0 Å². The van der Waals surface area contributed by atoms with Gasteiger partial charge in [0.25, 0.3) is 10.1 Å². The summed E-state index contributed by atoms with van der Waals surface area (Å²) in [6.07, 6.45) is 4.32. The summed E-state index contributed by atoms with van der Waals surface area (Å²) < 4.78 is 27.2. The fourth-order valence-corrected chi connectivity index (χ4v) is 2.05. The van der Waals surface area contributed by atoms with E-state index in [0.717, 1.165) is 5.06 Å². The number of allylic oxidation sites excluding steroid dienone is 1. The van der Waals surface area contributed by atoms with Crippen molar-refractivity contribution in [1.82, 2.24) is 9.96 Å². The van der Waals surface area contributed by atoms with Gasteiger partial charge in [0.2, 0.25) is 0 Å². The Morgan fingerprint density at radius 1 is 1.47 bits per heavy atom. The summed E-state index contributed by atoms with van der Waals surface area (Å²) >= 11 is 0. The van der Waals surface area contributed by atoms with Crippen molar-refractivity contribution in [2.24, 2.45) is 0 Å². The molecule has 0 radical (unpaired) electrons. The lowest BCUT2D eigenvalue weighted by atomic mass is 10.4. The molecule has 0 saturated heterocycles. The van der Waals surface area contributed by atoms with Crippen LogP contribution in [0.15, 0.2) is 24.3 Å². The number of hydroxylamine groups is 2. The molecule has 1 aliphatic rings. The van der Waals surface area contributed by atoms with E-state index in [1.807, 2.05) is 0 Å². The lowest BCUT2D eigenvalue weighted by Gasteiger charge is -2.24. The SMILES string of the molecule is CCOS(=O)(=O)CN1C=CN(O)C(C)=C1. The van der Waals surface area contributed by atoms with Crippen LogP contribution in [0.5, 0.6) is 0 Å². The fourth-order valence-electron chi connectivity index (χ4n) is 1.09. The first kappa shape index (κ1) is 12.0. The summed E-state index contributed by atoms with van der Waals surface area (Å²) in [7, 11) is -3.54. The zero-order chi connectivity index (χ0) is 11.5. The van der Waals surface area contributed by atoms with Crippen molar-refractivity contribution in [2.75, 3.05) is 12.5 Å². The Morgan fingerprint density at radius 3 is 2.67 bits per heavy atom. The van der Waals surface area contributed by atoms with Crippen LogP contribution in [0.3, 0.4) is 0 Å². The molecule has 0 aromatic carbocycles. The highest BCUT2D eigenvalue weighted by Gasteiger charge is 2.16. The minimum atomic E-state index is -3.54. The van der Waals surface area contributed by atoms with Crippen LogP contribution in [0.25, 0.3) is 0 Å². The molecule has 1 rings (SSSR count). The van der Waals surface area contributed by atoms with E-state index in [2.05, 4.69) is 4.18 Å². The van der Waals surface area contributed by atoms with Crippen LogP contribution >= 0.6 is 0 Å². The van der Waals surface area contributed by atoms with E-state index >= 15 is 0 Å². The lowest BCUT2D eigenvalue weighted by Crippen LogP contribution is -2.27. The standard InChI is InChI=1S/C8H14N2O4S/c1-3-14-15(12,13)7-9-4-5-10(11)8(2)6-9/h4-6,11H,3,7H2,1-2H3. The highest BCUT2D eigenvalue weighted by Crippen LogP contribution is 2.11. The molecule has 1 N–H and O–H groups in total. The summed E-state index contributed by atoms with van der Waals surface area (Å²) in [6, 6.07) is 0. The summed E-state index contributed by atoms with van der Waals surface area (Å²) in [5, 5.41) is 10.1. The zero-order valence-electron chi connectivity index (χ0n) is 8.62. The molecule has 0 aromatic heterocycles. The van der Waals surface area contributed by atoms with Crippen LogP contribution in [0.1, 0.15) is 13.8 Å². The smallest absolute Gasteiger partial charge is 0.286 e. The van der Waals surface area contributed by atoms with E-state index in [0.29, 0.717) is 5.70 Å². The van der Waals surface area contributed by atoms with Crippen LogP contribution in [0.4, 0.5) is 0 Å². The van der Waals surface area contributed by atoms with Gasteiger partial charge in [0, 0.05) is 18.6 Å². The molecule has 1 heterocycles. The molecular formula is C8H14N2O4S. The van der Waals surface area contributed by atoms with E-state index in [-0.39, 0.29) is 12.5 Å². The first-order valence-electron chi connectivity index (χ1n) is 4.42. The molecule has 0 bridgehead atoms. The molecule has 0 atom stereocenters. The molecule has 0 unspecified atom stereocenters. The second-order valence-corrected chi connectivity index (χ2v) is 4.63. The molecule has 0 aromatic rings.